The molecule has 0 unspecified atom stereocenters. The zero-order valence-corrected chi connectivity index (χ0v) is 18.2. The molecule has 166 valence electrons. The van der Waals surface area contributed by atoms with Gasteiger partial charge in [-0.15, -0.1) is 0 Å². The third-order valence-corrected chi connectivity index (χ3v) is 3.85. The normalized spacial score (nSPS) is 8.62. The number of methoxy groups -OCH3 is 1. The van der Waals surface area contributed by atoms with Crippen LogP contribution in [0, 0.1) is 24.5 Å². The molecular formula is C24H26N4O4. The van der Waals surface area contributed by atoms with E-state index >= 15 is 0 Å². The topological polar surface area (TPSA) is 108 Å². The molecule has 0 aromatic heterocycles. The highest BCUT2D eigenvalue weighted by atomic mass is 16.5. The number of nitrogens with zero attached hydrogens (tertiary/aromatic N) is 3. The van der Waals surface area contributed by atoms with E-state index in [9.17, 15) is 9.59 Å². The SMILES string of the molecule is N#Cc1ccc(CO)cc1.[C-]#[N+]CC(=O)NCc1ccc(CC)cc1.[C-]#[N+]CC(=O)OC. The lowest BCUT2D eigenvalue weighted by Gasteiger charge is -2.03. The van der Waals surface area contributed by atoms with Crippen LogP contribution in [0.25, 0.3) is 9.69 Å². The summed E-state index contributed by atoms with van der Waals surface area (Å²) in [6.45, 7) is 15.1. The highest BCUT2D eigenvalue weighted by Gasteiger charge is 2.02. The first kappa shape index (κ1) is 27.8. The van der Waals surface area contributed by atoms with Crippen LogP contribution in [0.2, 0.25) is 0 Å². The van der Waals surface area contributed by atoms with E-state index in [-0.39, 0.29) is 25.6 Å². The quantitative estimate of drug-likeness (QED) is 0.537. The highest BCUT2D eigenvalue weighted by Crippen LogP contribution is 2.04. The Morgan fingerprint density at radius 2 is 1.53 bits per heavy atom. The maximum Gasteiger partial charge on any atom is 0.386 e. The van der Waals surface area contributed by atoms with Crippen molar-refractivity contribution >= 4 is 11.9 Å². The summed E-state index contributed by atoms with van der Waals surface area (Å²) in [5.74, 6) is -0.695. The summed E-state index contributed by atoms with van der Waals surface area (Å²) in [5.41, 5.74) is 3.80. The van der Waals surface area contributed by atoms with Gasteiger partial charge in [0.05, 0.1) is 25.3 Å². The van der Waals surface area contributed by atoms with Crippen LogP contribution >= 0.6 is 0 Å². The molecule has 2 aromatic carbocycles. The number of ether oxygens (including phenoxy) is 1. The van der Waals surface area contributed by atoms with Gasteiger partial charge in [0.2, 0.25) is 0 Å². The third-order valence-electron chi connectivity index (χ3n) is 3.85. The molecule has 0 aliphatic heterocycles. The molecule has 32 heavy (non-hydrogen) atoms. The van der Waals surface area contributed by atoms with Gasteiger partial charge < -0.3 is 24.9 Å². The van der Waals surface area contributed by atoms with Crippen molar-refractivity contribution in [1.29, 1.82) is 5.26 Å². The van der Waals surface area contributed by atoms with Gasteiger partial charge in [0.1, 0.15) is 0 Å². The van der Waals surface area contributed by atoms with Crippen LogP contribution in [0.3, 0.4) is 0 Å². The van der Waals surface area contributed by atoms with E-state index in [0.29, 0.717) is 12.1 Å². The van der Waals surface area contributed by atoms with Crippen LogP contribution in [0.15, 0.2) is 48.5 Å². The van der Waals surface area contributed by atoms with E-state index in [2.05, 4.69) is 38.8 Å². The minimum atomic E-state index is -0.477. The van der Waals surface area contributed by atoms with Gasteiger partial charge in [-0.25, -0.2) is 17.9 Å². The molecule has 2 N–H and O–H groups in total. The smallest absolute Gasteiger partial charge is 0.386 e. The molecule has 0 spiro atoms. The van der Waals surface area contributed by atoms with E-state index in [0.717, 1.165) is 17.5 Å². The summed E-state index contributed by atoms with van der Waals surface area (Å²) in [4.78, 5) is 26.8. The minimum absolute atomic E-state index is 0.0334. The first-order valence-electron chi connectivity index (χ1n) is 9.61. The van der Waals surface area contributed by atoms with Gasteiger partial charge in [-0.05, 0) is 35.2 Å². The zero-order chi connectivity index (χ0) is 24.2. The number of nitrogens with one attached hydrogen (secondary N) is 1. The molecule has 0 aliphatic carbocycles. The number of hydrogen-bond acceptors (Lipinski definition) is 5. The molecule has 8 nitrogen and oxygen atoms in total. The van der Waals surface area contributed by atoms with Crippen molar-refractivity contribution in [3.05, 3.63) is 93.6 Å². The fourth-order valence-corrected chi connectivity index (χ4v) is 2.03. The number of aliphatic hydroxyl groups is 1. The molecule has 0 heterocycles. The van der Waals surface area contributed by atoms with Crippen LogP contribution in [-0.2, 0) is 33.9 Å². The largest absolute Gasteiger partial charge is 0.464 e. The summed E-state index contributed by atoms with van der Waals surface area (Å²) in [6.07, 6.45) is 1.02. The van der Waals surface area contributed by atoms with Crippen LogP contribution in [0.5, 0.6) is 0 Å². The fourth-order valence-electron chi connectivity index (χ4n) is 2.03. The molecule has 2 aromatic rings. The van der Waals surface area contributed by atoms with Crippen molar-refractivity contribution in [1.82, 2.24) is 5.32 Å². The number of rotatable bonds is 6. The van der Waals surface area contributed by atoms with Gasteiger partial charge in [-0.2, -0.15) is 5.26 Å². The lowest BCUT2D eigenvalue weighted by Crippen LogP contribution is -2.24. The molecule has 0 saturated carbocycles. The maximum absolute atomic E-state index is 11.0. The van der Waals surface area contributed by atoms with Crippen LogP contribution in [0.4, 0.5) is 0 Å². The average molecular weight is 434 g/mol. The Labute approximate surface area is 188 Å². The van der Waals surface area contributed by atoms with Crippen LogP contribution in [0.1, 0.15) is 29.2 Å². The van der Waals surface area contributed by atoms with Gasteiger partial charge in [-0.1, -0.05) is 43.3 Å². The Bertz CT molecular complexity index is 950. The number of esters is 1. The Kier molecular flexibility index (Phi) is 15.3. The molecule has 8 heteroatoms. The van der Waals surface area contributed by atoms with Crippen molar-refractivity contribution in [3.63, 3.8) is 0 Å². The fraction of sp³-hybridized carbons (Fsp3) is 0.292. The Morgan fingerprint density at radius 1 is 1.00 bits per heavy atom. The maximum atomic E-state index is 11.0. The van der Waals surface area contributed by atoms with Crippen LogP contribution < -0.4 is 5.32 Å². The summed E-state index contributed by atoms with van der Waals surface area (Å²) in [7, 11) is 1.26. The minimum Gasteiger partial charge on any atom is -0.464 e. The third kappa shape index (κ3) is 13.1. The van der Waals surface area contributed by atoms with Gasteiger partial charge in [0, 0.05) is 6.54 Å². The van der Waals surface area contributed by atoms with Gasteiger partial charge >= 0.3 is 12.5 Å². The second-order valence-electron chi connectivity index (χ2n) is 6.12. The number of aliphatic hydroxyl groups excluding tert-OH is 1. The zero-order valence-electron chi connectivity index (χ0n) is 18.2. The number of hydrogen-bond donors (Lipinski definition) is 2. The van der Waals surface area contributed by atoms with Crippen molar-refractivity contribution in [2.75, 3.05) is 20.2 Å². The second kappa shape index (κ2) is 17.7. The molecular weight excluding hydrogens is 408 g/mol. The lowest BCUT2D eigenvalue weighted by molar-refractivity contribution is -0.138. The van der Waals surface area contributed by atoms with Gasteiger partial charge in [-0.3, -0.25) is 4.79 Å². The van der Waals surface area contributed by atoms with Crippen molar-refractivity contribution in [3.8, 4) is 6.07 Å². The molecule has 0 saturated heterocycles. The predicted molar refractivity (Wildman–Crippen MR) is 120 cm³/mol. The van der Waals surface area contributed by atoms with Crippen molar-refractivity contribution in [2.24, 2.45) is 0 Å². The average Bonchev–Trinajstić information content (AvgIpc) is 2.84. The Balaban J connectivity index is 0.000000489. The lowest BCUT2D eigenvalue weighted by atomic mass is 10.1. The standard InChI is InChI=1S/C12H14N2O.C8H7NO.C4H5NO2/c1-3-10-4-6-11(7-5-10)8-14-12(15)9-13-2;9-5-7-1-3-8(6-10)4-2-7;1-5-3-4(6)7-2/h4-7H,3,8-9H2,1H3,(H,14,15);1-4,10H,6H2;3H2,2H3. The second-order valence-corrected chi connectivity index (χ2v) is 6.12. The molecule has 0 aliphatic rings. The van der Waals surface area contributed by atoms with E-state index < -0.39 is 5.97 Å². The summed E-state index contributed by atoms with van der Waals surface area (Å²) >= 11 is 0. The predicted octanol–water partition coefficient (Wildman–Crippen LogP) is 2.91. The number of carbonyl (C=O) groups is 2. The van der Waals surface area contributed by atoms with E-state index in [4.69, 9.17) is 23.5 Å². The number of carbonyl (C=O) groups excluding carboxylic acids is 2. The molecule has 0 atom stereocenters. The highest BCUT2D eigenvalue weighted by molar-refractivity contribution is 5.79. The first-order chi connectivity index (χ1) is 15.4. The Hall–Kier alpha value is -4.19. The molecule has 0 bridgehead atoms. The number of aryl methyl sites for hydroxylation is 1. The summed E-state index contributed by atoms with van der Waals surface area (Å²) in [5, 5.41) is 19.7. The van der Waals surface area contributed by atoms with E-state index in [1.165, 1.54) is 12.7 Å². The van der Waals surface area contributed by atoms with E-state index in [1.54, 1.807) is 24.3 Å². The molecule has 0 fully saturated rings. The molecule has 0 radical (unpaired) electrons. The summed E-state index contributed by atoms with van der Waals surface area (Å²) < 4.78 is 4.14. The number of nitriles is 1. The van der Waals surface area contributed by atoms with Crippen molar-refractivity contribution < 1.29 is 19.4 Å². The molecule has 1 amide bonds. The number of amides is 1. The molecule has 2 rings (SSSR count). The van der Waals surface area contributed by atoms with Gasteiger partial charge in [0.25, 0.3) is 12.5 Å². The Morgan fingerprint density at radius 3 is 1.94 bits per heavy atom. The number of benzene rings is 2. The first-order valence-corrected chi connectivity index (χ1v) is 9.61. The monoisotopic (exact) mass is 434 g/mol. The van der Waals surface area contributed by atoms with E-state index in [1.807, 2.05) is 18.2 Å². The van der Waals surface area contributed by atoms with Crippen LogP contribution in [-0.4, -0.2) is 37.2 Å². The van der Waals surface area contributed by atoms with Gasteiger partial charge in [0.15, 0.2) is 0 Å². The summed E-state index contributed by atoms with van der Waals surface area (Å²) in [6, 6.07) is 16.9. The van der Waals surface area contributed by atoms with Crippen molar-refractivity contribution in [2.45, 2.75) is 26.5 Å².